The Hall–Kier alpha value is -4.34. The van der Waals surface area contributed by atoms with Gasteiger partial charge in [0.05, 0.1) is 22.7 Å². The van der Waals surface area contributed by atoms with Crippen LogP contribution in [-0.2, 0) is 32.6 Å². The maximum atomic E-state index is 14.6. The molecule has 8 nitrogen and oxygen atoms in total. The number of sulfonamides is 1. The number of nitrogens with zero attached hydrogens (tertiary/aromatic N) is 2. The Morgan fingerprint density at radius 3 is 2.20 bits per heavy atom. The lowest BCUT2D eigenvalue weighted by Crippen LogP contribution is -2.54. The average molecular weight is 662 g/mol. The van der Waals surface area contributed by atoms with E-state index >= 15 is 0 Å². The molecule has 0 radical (unpaired) electrons. The lowest BCUT2D eigenvalue weighted by atomic mass is 10.0. The Morgan fingerprint density at radius 1 is 0.891 bits per heavy atom. The lowest BCUT2D eigenvalue weighted by Gasteiger charge is -2.34. The fourth-order valence-corrected chi connectivity index (χ4v) is 6.69. The first-order valence-electron chi connectivity index (χ1n) is 15.1. The summed E-state index contributed by atoms with van der Waals surface area (Å²) in [7, 11) is -2.70. The number of aryl methyl sites for hydroxylation is 1. The number of hydrogen-bond donors (Lipinski definition) is 1. The Bertz CT molecular complexity index is 1730. The monoisotopic (exact) mass is 661 g/mol. The van der Waals surface area contributed by atoms with Crippen molar-refractivity contribution in [2.75, 3.05) is 18.0 Å². The van der Waals surface area contributed by atoms with E-state index in [1.165, 1.54) is 17.0 Å². The van der Waals surface area contributed by atoms with Crippen molar-refractivity contribution in [3.8, 4) is 5.75 Å². The molecule has 0 heterocycles. The Kier molecular flexibility index (Phi) is 11.8. The number of nitrogens with one attached hydrogen (secondary N) is 1. The molecule has 0 bridgehead atoms. The molecule has 0 aromatic heterocycles. The zero-order valence-electron chi connectivity index (χ0n) is 26.5. The molecule has 0 saturated carbocycles. The number of carbonyl (C=O) groups is 2. The normalized spacial score (nSPS) is 12.5. The van der Waals surface area contributed by atoms with Gasteiger partial charge in [0, 0.05) is 19.0 Å². The predicted molar refractivity (Wildman–Crippen MR) is 183 cm³/mol. The number of carbonyl (C=O) groups excluding carboxylic acids is 2. The number of para-hydroxylation sites is 1. The smallest absolute Gasteiger partial charge is 0.264 e. The number of hydrogen-bond acceptors (Lipinski definition) is 5. The number of ether oxygens (including phenoxy) is 1. The van der Waals surface area contributed by atoms with Crippen molar-refractivity contribution in [3.05, 3.63) is 125 Å². The molecule has 0 aliphatic carbocycles. The molecule has 2 amide bonds. The van der Waals surface area contributed by atoms with Crippen LogP contribution in [0.15, 0.2) is 108 Å². The number of halogens is 1. The number of benzene rings is 4. The first kappa shape index (κ1) is 34.5. The molecule has 46 heavy (non-hydrogen) atoms. The molecule has 0 fully saturated rings. The van der Waals surface area contributed by atoms with E-state index in [9.17, 15) is 18.0 Å². The van der Waals surface area contributed by atoms with Gasteiger partial charge in [-0.1, -0.05) is 90.8 Å². The van der Waals surface area contributed by atoms with Crippen LogP contribution in [0.3, 0.4) is 0 Å². The highest BCUT2D eigenvalue weighted by atomic mass is 35.5. The molecular formula is C36H40ClN3O5S. The van der Waals surface area contributed by atoms with Crippen molar-refractivity contribution in [2.24, 2.45) is 0 Å². The second kappa shape index (κ2) is 15.8. The van der Waals surface area contributed by atoms with E-state index < -0.39 is 28.5 Å². The molecule has 4 aromatic rings. The van der Waals surface area contributed by atoms with Gasteiger partial charge in [-0.25, -0.2) is 8.42 Å². The van der Waals surface area contributed by atoms with Crippen molar-refractivity contribution >= 4 is 39.1 Å². The SMILES string of the molecule is CC[C@@H](C)NC(=O)[C@@H](Cc1ccccc1)N(Cc1cccc(OC)c1)C(=O)CN(c1ccccc1Cl)S(=O)(=O)c1ccc(C)cc1. The van der Waals surface area contributed by atoms with Gasteiger partial charge < -0.3 is 15.0 Å². The minimum absolute atomic E-state index is 0.0144. The van der Waals surface area contributed by atoms with Gasteiger partial charge in [0.2, 0.25) is 11.8 Å². The third kappa shape index (κ3) is 8.68. The van der Waals surface area contributed by atoms with Crippen LogP contribution >= 0.6 is 11.6 Å². The second-order valence-corrected chi connectivity index (χ2v) is 13.4. The summed E-state index contributed by atoms with van der Waals surface area (Å²) in [6.07, 6.45) is 0.915. The zero-order chi connectivity index (χ0) is 33.3. The van der Waals surface area contributed by atoms with E-state index in [4.69, 9.17) is 16.3 Å². The summed E-state index contributed by atoms with van der Waals surface area (Å²) in [6, 6.07) is 28.5. The number of methoxy groups -OCH3 is 1. The fourth-order valence-electron chi connectivity index (χ4n) is 4.97. The number of anilines is 1. The van der Waals surface area contributed by atoms with E-state index in [2.05, 4.69) is 5.32 Å². The Labute approximate surface area is 277 Å². The van der Waals surface area contributed by atoms with E-state index in [0.29, 0.717) is 17.7 Å². The molecule has 0 unspecified atom stereocenters. The van der Waals surface area contributed by atoms with Crippen molar-refractivity contribution in [2.45, 2.75) is 57.1 Å². The van der Waals surface area contributed by atoms with E-state index in [1.54, 1.807) is 61.7 Å². The molecule has 0 aliphatic rings. The van der Waals surface area contributed by atoms with Crippen LogP contribution in [0.4, 0.5) is 5.69 Å². The van der Waals surface area contributed by atoms with Gasteiger partial charge in [-0.05, 0) is 67.8 Å². The second-order valence-electron chi connectivity index (χ2n) is 11.2. The molecule has 0 spiro atoms. The largest absolute Gasteiger partial charge is 0.497 e. The summed E-state index contributed by atoms with van der Waals surface area (Å²) in [6.45, 7) is 5.17. The highest BCUT2D eigenvalue weighted by Crippen LogP contribution is 2.31. The van der Waals surface area contributed by atoms with E-state index in [-0.39, 0.29) is 40.5 Å². The van der Waals surface area contributed by atoms with Gasteiger partial charge in [-0.2, -0.15) is 0 Å². The number of rotatable bonds is 14. The molecule has 2 atom stereocenters. The van der Waals surface area contributed by atoms with E-state index in [1.807, 2.05) is 57.2 Å². The maximum Gasteiger partial charge on any atom is 0.264 e. The lowest BCUT2D eigenvalue weighted by molar-refractivity contribution is -0.140. The fraction of sp³-hybridized carbons (Fsp3) is 0.278. The Morgan fingerprint density at radius 2 is 1.54 bits per heavy atom. The van der Waals surface area contributed by atoms with Gasteiger partial charge in [0.25, 0.3) is 10.0 Å². The van der Waals surface area contributed by atoms with Gasteiger partial charge in [-0.3, -0.25) is 13.9 Å². The first-order valence-corrected chi connectivity index (χ1v) is 17.0. The van der Waals surface area contributed by atoms with Crippen LogP contribution in [0.2, 0.25) is 5.02 Å². The molecule has 0 saturated heterocycles. The molecular weight excluding hydrogens is 622 g/mol. The maximum absolute atomic E-state index is 14.6. The summed E-state index contributed by atoms with van der Waals surface area (Å²) >= 11 is 6.55. The van der Waals surface area contributed by atoms with Gasteiger partial charge >= 0.3 is 0 Å². The van der Waals surface area contributed by atoms with Crippen LogP contribution in [0.5, 0.6) is 5.75 Å². The minimum Gasteiger partial charge on any atom is -0.497 e. The van der Waals surface area contributed by atoms with Crippen LogP contribution in [-0.4, -0.2) is 50.9 Å². The molecule has 4 aromatic carbocycles. The van der Waals surface area contributed by atoms with Gasteiger partial charge in [0.1, 0.15) is 18.3 Å². The Balaban J connectivity index is 1.83. The van der Waals surface area contributed by atoms with Crippen LogP contribution in [0.25, 0.3) is 0 Å². The van der Waals surface area contributed by atoms with Crippen LogP contribution in [0, 0.1) is 6.92 Å². The first-order chi connectivity index (χ1) is 22.0. The van der Waals surface area contributed by atoms with Crippen molar-refractivity contribution < 1.29 is 22.7 Å². The summed E-state index contributed by atoms with van der Waals surface area (Å²) in [4.78, 5) is 30.0. The van der Waals surface area contributed by atoms with Crippen molar-refractivity contribution in [3.63, 3.8) is 0 Å². The summed E-state index contributed by atoms with van der Waals surface area (Å²) in [5.74, 6) is -0.313. The third-order valence-electron chi connectivity index (χ3n) is 7.77. The quantitative estimate of drug-likeness (QED) is 0.169. The molecule has 0 aliphatic heterocycles. The summed E-state index contributed by atoms with van der Waals surface area (Å²) in [5, 5.41) is 3.21. The minimum atomic E-state index is -4.25. The predicted octanol–water partition coefficient (Wildman–Crippen LogP) is 6.41. The summed E-state index contributed by atoms with van der Waals surface area (Å²) in [5.41, 5.74) is 2.61. The van der Waals surface area contributed by atoms with Crippen LogP contribution in [0.1, 0.15) is 37.0 Å². The van der Waals surface area contributed by atoms with Crippen molar-refractivity contribution in [1.29, 1.82) is 0 Å². The number of amides is 2. The standard InChI is InChI=1S/C36H40ClN3O5S/c1-5-27(3)38-36(42)34(23-28-12-7-6-8-13-28)39(24-29-14-11-15-30(22-29)45-4)35(41)25-40(33-17-10-9-16-32(33)37)46(43,44)31-20-18-26(2)19-21-31/h6-22,27,34H,5,23-25H2,1-4H3,(H,38,42)/t27-,34-/m1/s1. The topological polar surface area (TPSA) is 96.0 Å². The van der Waals surface area contributed by atoms with Gasteiger partial charge in [-0.15, -0.1) is 0 Å². The molecule has 1 N–H and O–H groups in total. The van der Waals surface area contributed by atoms with E-state index in [0.717, 1.165) is 15.4 Å². The molecule has 242 valence electrons. The van der Waals surface area contributed by atoms with Gasteiger partial charge in [0.15, 0.2) is 0 Å². The van der Waals surface area contributed by atoms with Crippen molar-refractivity contribution in [1.82, 2.24) is 10.2 Å². The third-order valence-corrected chi connectivity index (χ3v) is 9.86. The highest BCUT2D eigenvalue weighted by molar-refractivity contribution is 7.92. The average Bonchev–Trinajstić information content (AvgIpc) is 3.06. The summed E-state index contributed by atoms with van der Waals surface area (Å²) < 4.78 is 34.8. The molecule has 10 heteroatoms. The van der Waals surface area contributed by atoms with Crippen LogP contribution < -0.4 is 14.4 Å². The highest BCUT2D eigenvalue weighted by Gasteiger charge is 2.35. The zero-order valence-corrected chi connectivity index (χ0v) is 28.1. The molecule has 4 rings (SSSR count).